The van der Waals surface area contributed by atoms with E-state index in [1.165, 1.54) is 12.1 Å². The van der Waals surface area contributed by atoms with E-state index < -0.39 is 23.8 Å². The number of hydrogen-bond donors (Lipinski definition) is 1. The van der Waals surface area contributed by atoms with Crippen molar-refractivity contribution >= 4 is 16.9 Å². The SMILES string of the molecule is COc1nc2nc(C)nc(N[C@H](C)c3cccc(C(F)F)c3F)c2cc1CN1CCN(C)CC1. The number of piperazine rings is 1. The molecule has 1 atom stereocenters. The highest BCUT2D eigenvalue weighted by molar-refractivity contribution is 5.87. The molecule has 0 amide bonds. The molecule has 1 fully saturated rings. The van der Waals surface area contributed by atoms with Gasteiger partial charge >= 0.3 is 0 Å². The van der Waals surface area contributed by atoms with Crippen LogP contribution < -0.4 is 10.1 Å². The van der Waals surface area contributed by atoms with Crippen molar-refractivity contribution in [3.8, 4) is 5.88 Å². The van der Waals surface area contributed by atoms with Crippen LogP contribution in [-0.4, -0.2) is 65.1 Å². The van der Waals surface area contributed by atoms with Gasteiger partial charge in [-0.1, -0.05) is 18.2 Å². The molecule has 0 bridgehead atoms. The number of aromatic nitrogens is 3. The minimum absolute atomic E-state index is 0.140. The normalized spacial score (nSPS) is 16.2. The third-order valence-corrected chi connectivity index (χ3v) is 6.13. The van der Waals surface area contributed by atoms with E-state index in [0.29, 0.717) is 35.1 Å². The zero-order valence-corrected chi connectivity index (χ0v) is 19.8. The fourth-order valence-electron chi connectivity index (χ4n) is 4.19. The van der Waals surface area contributed by atoms with Crippen LogP contribution in [0.25, 0.3) is 11.0 Å². The maximum absolute atomic E-state index is 14.7. The number of benzene rings is 1. The topological polar surface area (TPSA) is 66.4 Å². The summed E-state index contributed by atoms with van der Waals surface area (Å²) in [6.45, 7) is 7.94. The van der Waals surface area contributed by atoms with E-state index in [-0.39, 0.29) is 5.56 Å². The molecule has 10 heteroatoms. The van der Waals surface area contributed by atoms with Crippen molar-refractivity contribution in [2.24, 2.45) is 0 Å². The van der Waals surface area contributed by atoms with Gasteiger partial charge < -0.3 is 15.0 Å². The summed E-state index contributed by atoms with van der Waals surface area (Å²) in [6.07, 6.45) is -2.89. The second kappa shape index (κ2) is 10.1. The monoisotopic (exact) mass is 474 g/mol. The predicted octanol–water partition coefficient (Wildman–Crippen LogP) is 4.34. The maximum Gasteiger partial charge on any atom is 0.266 e. The Hall–Kier alpha value is -2.98. The lowest BCUT2D eigenvalue weighted by atomic mass is 10.0. The molecular formula is C24H29F3N6O. The van der Waals surface area contributed by atoms with Crippen molar-refractivity contribution in [1.29, 1.82) is 0 Å². The van der Waals surface area contributed by atoms with Crippen LogP contribution in [0.5, 0.6) is 5.88 Å². The molecule has 2 aromatic heterocycles. The number of likely N-dealkylation sites (N-methyl/N-ethyl adjacent to an activating group) is 1. The molecule has 182 valence electrons. The minimum Gasteiger partial charge on any atom is -0.481 e. The lowest BCUT2D eigenvalue weighted by Crippen LogP contribution is -2.43. The smallest absolute Gasteiger partial charge is 0.266 e. The summed E-state index contributed by atoms with van der Waals surface area (Å²) in [4.78, 5) is 18.2. The number of nitrogens with zero attached hydrogens (tertiary/aromatic N) is 5. The van der Waals surface area contributed by atoms with Crippen LogP contribution in [0, 0.1) is 12.7 Å². The molecule has 4 rings (SSSR count). The highest BCUT2D eigenvalue weighted by Crippen LogP contribution is 2.32. The summed E-state index contributed by atoms with van der Waals surface area (Å²) >= 11 is 0. The number of rotatable bonds is 7. The van der Waals surface area contributed by atoms with E-state index in [2.05, 4.69) is 37.1 Å². The first-order valence-electron chi connectivity index (χ1n) is 11.2. The Morgan fingerprint density at radius 1 is 1.09 bits per heavy atom. The molecule has 34 heavy (non-hydrogen) atoms. The van der Waals surface area contributed by atoms with Gasteiger partial charge in [0.1, 0.15) is 17.5 Å². The molecule has 1 N–H and O–H groups in total. The van der Waals surface area contributed by atoms with Gasteiger partial charge in [-0.25, -0.2) is 23.1 Å². The Balaban J connectivity index is 1.69. The number of methoxy groups -OCH3 is 1. The van der Waals surface area contributed by atoms with E-state index in [1.54, 1.807) is 21.0 Å². The van der Waals surface area contributed by atoms with E-state index in [1.807, 2.05) is 6.07 Å². The van der Waals surface area contributed by atoms with E-state index in [4.69, 9.17) is 4.74 Å². The van der Waals surface area contributed by atoms with Gasteiger partial charge in [-0.15, -0.1) is 0 Å². The molecule has 1 aromatic carbocycles. The van der Waals surface area contributed by atoms with Crippen molar-refractivity contribution in [3.05, 3.63) is 52.6 Å². The number of aryl methyl sites for hydroxylation is 1. The molecule has 0 aliphatic carbocycles. The van der Waals surface area contributed by atoms with Crippen LogP contribution >= 0.6 is 0 Å². The van der Waals surface area contributed by atoms with Gasteiger partial charge in [0.05, 0.1) is 24.1 Å². The van der Waals surface area contributed by atoms with Crippen molar-refractivity contribution in [3.63, 3.8) is 0 Å². The fraction of sp³-hybridized carbons (Fsp3) is 0.458. The largest absolute Gasteiger partial charge is 0.481 e. The number of fused-ring (bicyclic) bond motifs is 1. The van der Waals surface area contributed by atoms with E-state index >= 15 is 0 Å². The molecular weight excluding hydrogens is 445 g/mol. The Labute approximate surface area is 197 Å². The van der Waals surface area contributed by atoms with Crippen LogP contribution in [0.15, 0.2) is 24.3 Å². The third kappa shape index (κ3) is 5.07. The first-order chi connectivity index (χ1) is 16.3. The Morgan fingerprint density at radius 2 is 1.79 bits per heavy atom. The van der Waals surface area contributed by atoms with Crippen molar-refractivity contribution in [1.82, 2.24) is 24.8 Å². The lowest BCUT2D eigenvalue weighted by molar-refractivity contribution is 0.146. The molecule has 1 aliphatic rings. The van der Waals surface area contributed by atoms with E-state index in [9.17, 15) is 13.2 Å². The fourth-order valence-corrected chi connectivity index (χ4v) is 4.19. The minimum atomic E-state index is -2.89. The number of hydrogen-bond acceptors (Lipinski definition) is 7. The lowest BCUT2D eigenvalue weighted by Gasteiger charge is -2.32. The quantitative estimate of drug-likeness (QED) is 0.547. The Bertz CT molecular complexity index is 1170. The van der Waals surface area contributed by atoms with Crippen LogP contribution in [0.4, 0.5) is 19.0 Å². The summed E-state index contributed by atoms with van der Waals surface area (Å²) < 4.78 is 46.6. The number of anilines is 1. The van der Waals surface area contributed by atoms with Gasteiger partial charge in [0.15, 0.2) is 5.65 Å². The van der Waals surface area contributed by atoms with Gasteiger partial charge in [0.2, 0.25) is 5.88 Å². The maximum atomic E-state index is 14.7. The van der Waals surface area contributed by atoms with Gasteiger partial charge in [0.25, 0.3) is 6.43 Å². The number of pyridine rings is 1. The second-order valence-electron chi connectivity index (χ2n) is 8.64. The molecule has 7 nitrogen and oxygen atoms in total. The molecule has 1 saturated heterocycles. The van der Waals surface area contributed by atoms with Crippen LogP contribution in [0.3, 0.4) is 0 Å². The first-order valence-corrected chi connectivity index (χ1v) is 11.2. The van der Waals surface area contributed by atoms with Gasteiger partial charge in [-0.3, -0.25) is 4.90 Å². The average molecular weight is 475 g/mol. The average Bonchev–Trinajstić information content (AvgIpc) is 2.80. The number of nitrogens with one attached hydrogen (secondary N) is 1. The molecule has 3 heterocycles. The van der Waals surface area contributed by atoms with E-state index in [0.717, 1.165) is 37.8 Å². The molecule has 0 radical (unpaired) electrons. The van der Waals surface area contributed by atoms with Crippen molar-refractivity contribution in [2.45, 2.75) is 32.9 Å². The molecule has 0 unspecified atom stereocenters. The van der Waals surface area contributed by atoms with Gasteiger partial charge in [0, 0.05) is 43.9 Å². The van der Waals surface area contributed by atoms with Crippen molar-refractivity contribution in [2.75, 3.05) is 45.7 Å². The first kappa shape index (κ1) is 24.2. The standard InChI is InChI=1S/C24H29F3N6O/c1-14(17-6-5-7-18(20(17)25)21(26)27)28-22-19-12-16(13-33-10-8-32(3)9-11-33)24(34-4)31-23(19)30-15(2)29-22/h5-7,12,14,21H,8-11,13H2,1-4H3,(H,28,29,30,31)/t14-/m1/s1. The highest BCUT2D eigenvalue weighted by atomic mass is 19.3. The number of ether oxygens (including phenoxy) is 1. The summed E-state index contributed by atoms with van der Waals surface area (Å²) in [5.41, 5.74) is 0.869. The molecule has 0 saturated carbocycles. The number of alkyl halides is 2. The number of halogens is 3. The Kier molecular flexibility index (Phi) is 7.18. The summed E-state index contributed by atoms with van der Waals surface area (Å²) in [5.74, 6) is 0.527. The highest BCUT2D eigenvalue weighted by Gasteiger charge is 2.22. The summed E-state index contributed by atoms with van der Waals surface area (Å²) in [5, 5.41) is 3.85. The Morgan fingerprint density at radius 3 is 2.47 bits per heavy atom. The van der Waals surface area contributed by atoms with Gasteiger partial charge in [-0.2, -0.15) is 4.98 Å². The third-order valence-electron chi connectivity index (χ3n) is 6.13. The molecule has 1 aliphatic heterocycles. The summed E-state index contributed by atoms with van der Waals surface area (Å²) in [6, 6.07) is 5.36. The van der Waals surface area contributed by atoms with Crippen molar-refractivity contribution < 1.29 is 17.9 Å². The summed E-state index contributed by atoms with van der Waals surface area (Å²) in [7, 11) is 3.68. The zero-order chi connectivity index (χ0) is 24.4. The second-order valence-corrected chi connectivity index (χ2v) is 8.64. The van der Waals surface area contributed by atoms with Crippen LogP contribution in [0.2, 0.25) is 0 Å². The van der Waals surface area contributed by atoms with Crippen LogP contribution in [0.1, 0.15) is 41.9 Å². The predicted molar refractivity (Wildman–Crippen MR) is 125 cm³/mol. The molecule has 3 aromatic rings. The molecule has 0 spiro atoms. The van der Waals surface area contributed by atoms with Crippen LogP contribution in [-0.2, 0) is 6.54 Å². The zero-order valence-electron chi connectivity index (χ0n) is 19.8. The van der Waals surface area contributed by atoms with Gasteiger partial charge in [-0.05, 0) is 27.0 Å².